The van der Waals surface area contributed by atoms with Crippen molar-refractivity contribution < 1.29 is 14.3 Å². The van der Waals surface area contributed by atoms with Gasteiger partial charge in [-0.25, -0.2) is 0 Å². The number of aryl methyl sites for hydroxylation is 2. The predicted octanol–water partition coefficient (Wildman–Crippen LogP) is 3.96. The average molecular weight is 389 g/mol. The summed E-state index contributed by atoms with van der Waals surface area (Å²) in [6.07, 6.45) is 0. The Morgan fingerprint density at radius 1 is 1.25 bits per heavy atom. The molecule has 2 aromatic rings. The minimum atomic E-state index is -0.281. The van der Waals surface area contributed by atoms with Crippen LogP contribution in [0, 0.1) is 25.2 Å². The Labute approximate surface area is 149 Å². The second kappa shape index (κ2) is 7.84. The van der Waals surface area contributed by atoms with Crippen molar-refractivity contribution in [2.75, 3.05) is 19.0 Å². The topological polar surface area (TPSA) is 71.3 Å². The van der Waals surface area contributed by atoms with E-state index in [9.17, 15) is 4.79 Å². The lowest BCUT2D eigenvalue weighted by molar-refractivity contribution is -0.118. The lowest BCUT2D eigenvalue weighted by Gasteiger charge is -2.13. The summed E-state index contributed by atoms with van der Waals surface area (Å²) in [5.74, 6) is 0.489. The highest BCUT2D eigenvalue weighted by atomic mass is 79.9. The van der Waals surface area contributed by atoms with Crippen LogP contribution in [0.25, 0.3) is 0 Å². The van der Waals surface area contributed by atoms with E-state index in [1.165, 1.54) is 7.11 Å². The lowest BCUT2D eigenvalue weighted by atomic mass is 10.1. The van der Waals surface area contributed by atoms with E-state index in [1.807, 2.05) is 38.1 Å². The van der Waals surface area contributed by atoms with Crippen LogP contribution in [0.3, 0.4) is 0 Å². The van der Waals surface area contributed by atoms with E-state index in [-0.39, 0.29) is 12.5 Å². The first-order valence-corrected chi connectivity index (χ1v) is 8.01. The van der Waals surface area contributed by atoms with Crippen LogP contribution < -0.4 is 14.8 Å². The van der Waals surface area contributed by atoms with Gasteiger partial charge in [0.2, 0.25) is 0 Å². The zero-order valence-corrected chi connectivity index (χ0v) is 15.2. The number of amides is 1. The van der Waals surface area contributed by atoms with Crippen LogP contribution >= 0.6 is 15.9 Å². The fourth-order valence-electron chi connectivity index (χ4n) is 2.08. The molecule has 0 unspecified atom stereocenters. The number of ether oxygens (including phenoxy) is 2. The molecule has 124 valence electrons. The molecule has 0 bridgehead atoms. The number of hydrogen-bond acceptors (Lipinski definition) is 4. The molecule has 0 aromatic heterocycles. The molecule has 0 aliphatic carbocycles. The van der Waals surface area contributed by atoms with Crippen molar-refractivity contribution >= 4 is 27.5 Å². The molecule has 6 heteroatoms. The number of benzene rings is 2. The maximum absolute atomic E-state index is 12.1. The van der Waals surface area contributed by atoms with Gasteiger partial charge in [0.15, 0.2) is 18.1 Å². The minimum absolute atomic E-state index is 0.173. The Hall–Kier alpha value is -2.52. The molecular formula is C18H17BrN2O3. The van der Waals surface area contributed by atoms with Crippen LogP contribution in [0.5, 0.6) is 11.5 Å². The molecule has 0 radical (unpaired) electrons. The van der Waals surface area contributed by atoms with E-state index in [2.05, 4.69) is 21.2 Å². The standard InChI is InChI=1S/C18H17BrN2O3/c1-11-4-5-14(6-12(11)2)21-17(22)10-24-18-15(19)7-13(9-20)8-16(18)23-3/h4-8H,10H2,1-3H3,(H,21,22). The van der Waals surface area contributed by atoms with Gasteiger partial charge in [0.05, 0.1) is 23.2 Å². The molecule has 1 amide bonds. The van der Waals surface area contributed by atoms with E-state index in [0.29, 0.717) is 21.5 Å². The summed E-state index contributed by atoms with van der Waals surface area (Å²) in [6, 6.07) is 10.9. The minimum Gasteiger partial charge on any atom is -0.493 e. The number of nitrogens with one attached hydrogen (secondary N) is 1. The normalized spacial score (nSPS) is 9.96. The highest BCUT2D eigenvalue weighted by Crippen LogP contribution is 2.36. The third kappa shape index (κ3) is 4.27. The van der Waals surface area contributed by atoms with Gasteiger partial charge in [-0.2, -0.15) is 5.26 Å². The first kappa shape index (κ1) is 17.8. The van der Waals surface area contributed by atoms with Gasteiger partial charge >= 0.3 is 0 Å². The zero-order valence-electron chi connectivity index (χ0n) is 13.6. The third-order valence-electron chi connectivity index (χ3n) is 3.50. The van der Waals surface area contributed by atoms with Gasteiger partial charge in [-0.1, -0.05) is 6.07 Å². The second-order valence-electron chi connectivity index (χ2n) is 5.24. The monoisotopic (exact) mass is 388 g/mol. The first-order valence-electron chi connectivity index (χ1n) is 7.22. The predicted molar refractivity (Wildman–Crippen MR) is 95.4 cm³/mol. The summed E-state index contributed by atoms with van der Waals surface area (Å²) >= 11 is 3.33. The molecule has 2 rings (SSSR count). The number of halogens is 1. The Bertz CT molecular complexity index is 813. The summed E-state index contributed by atoms with van der Waals surface area (Å²) in [6.45, 7) is 3.83. The van der Waals surface area contributed by atoms with Crippen molar-refractivity contribution in [2.24, 2.45) is 0 Å². The smallest absolute Gasteiger partial charge is 0.262 e. The molecule has 0 saturated heterocycles. The van der Waals surface area contributed by atoms with Gasteiger partial charge in [-0.05, 0) is 59.1 Å². The van der Waals surface area contributed by atoms with Gasteiger partial charge in [-0.15, -0.1) is 0 Å². The van der Waals surface area contributed by atoms with E-state index < -0.39 is 0 Å². The number of rotatable bonds is 5. The number of anilines is 1. The molecule has 0 saturated carbocycles. The van der Waals surface area contributed by atoms with Crippen molar-refractivity contribution in [1.29, 1.82) is 5.26 Å². The van der Waals surface area contributed by atoms with Crippen LogP contribution in [0.1, 0.15) is 16.7 Å². The molecule has 2 aromatic carbocycles. The van der Waals surface area contributed by atoms with E-state index in [4.69, 9.17) is 14.7 Å². The van der Waals surface area contributed by atoms with Crippen molar-refractivity contribution in [3.05, 3.63) is 51.5 Å². The second-order valence-corrected chi connectivity index (χ2v) is 6.09. The Morgan fingerprint density at radius 3 is 2.62 bits per heavy atom. The SMILES string of the molecule is COc1cc(C#N)cc(Br)c1OCC(=O)Nc1ccc(C)c(C)c1. The fraction of sp³-hybridized carbons (Fsp3) is 0.222. The summed E-state index contributed by atoms with van der Waals surface area (Å²) in [7, 11) is 1.48. The van der Waals surface area contributed by atoms with Gasteiger partial charge in [0, 0.05) is 11.8 Å². The van der Waals surface area contributed by atoms with Crippen molar-refractivity contribution in [3.63, 3.8) is 0 Å². The molecule has 0 heterocycles. The number of carbonyl (C=O) groups excluding carboxylic acids is 1. The van der Waals surface area contributed by atoms with Crippen LogP contribution in [0.15, 0.2) is 34.8 Å². The van der Waals surface area contributed by atoms with E-state index in [0.717, 1.165) is 16.8 Å². The number of hydrogen-bond donors (Lipinski definition) is 1. The molecular weight excluding hydrogens is 372 g/mol. The Balaban J connectivity index is 2.06. The Morgan fingerprint density at radius 2 is 2.00 bits per heavy atom. The fourth-order valence-corrected chi connectivity index (χ4v) is 2.63. The summed E-state index contributed by atoms with van der Waals surface area (Å²) in [5.41, 5.74) is 3.42. The molecule has 0 spiro atoms. The number of nitriles is 1. The van der Waals surface area contributed by atoms with Crippen molar-refractivity contribution in [2.45, 2.75) is 13.8 Å². The maximum Gasteiger partial charge on any atom is 0.262 e. The first-order chi connectivity index (χ1) is 11.4. The summed E-state index contributed by atoms with van der Waals surface area (Å²) in [5, 5.41) is 11.8. The number of methoxy groups -OCH3 is 1. The van der Waals surface area contributed by atoms with Crippen LogP contribution in [0.4, 0.5) is 5.69 Å². The highest BCUT2D eigenvalue weighted by molar-refractivity contribution is 9.10. The summed E-state index contributed by atoms with van der Waals surface area (Å²) < 4.78 is 11.3. The van der Waals surface area contributed by atoms with E-state index in [1.54, 1.807) is 12.1 Å². The van der Waals surface area contributed by atoms with E-state index >= 15 is 0 Å². The molecule has 0 aliphatic rings. The van der Waals surface area contributed by atoms with Crippen molar-refractivity contribution in [3.8, 4) is 17.6 Å². The largest absolute Gasteiger partial charge is 0.493 e. The number of carbonyl (C=O) groups is 1. The number of nitrogens with zero attached hydrogens (tertiary/aromatic N) is 1. The molecule has 0 aliphatic heterocycles. The highest BCUT2D eigenvalue weighted by Gasteiger charge is 2.13. The zero-order chi connectivity index (χ0) is 17.7. The lowest BCUT2D eigenvalue weighted by Crippen LogP contribution is -2.20. The third-order valence-corrected chi connectivity index (χ3v) is 4.09. The van der Waals surface area contributed by atoms with Gasteiger partial charge in [0.25, 0.3) is 5.91 Å². The molecule has 24 heavy (non-hydrogen) atoms. The average Bonchev–Trinajstić information content (AvgIpc) is 2.56. The Kier molecular flexibility index (Phi) is 5.83. The van der Waals surface area contributed by atoms with Gasteiger partial charge in [0.1, 0.15) is 0 Å². The molecule has 5 nitrogen and oxygen atoms in total. The summed E-state index contributed by atoms with van der Waals surface area (Å²) in [4.78, 5) is 12.1. The molecule has 1 N–H and O–H groups in total. The van der Waals surface area contributed by atoms with Gasteiger partial charge < -0.3 is 14.8 Å². The van der Waals surface area contributed by atoms with Gasteiger partial charge in [-0.3, -0.25) is 4.79 Å². The quantitative estimate of drug-likeness (QED) is 0.840. The van der Waals surface area contributed by atoms with Crippen molar-refractivity contribution in [1.82, 2.24) is 0 Å². The molecule has 0 atom stereocenters. The molecule has 0 fully saturated rings. The maximum atomic E-state index is 12.1. The van der Waals surface area contributed by atoms with Crippen LogP contribution in [0.2, 0.25) is 0 Å². The van der Waals surface area contributed by atoms with Crippen LogP contribution in [-0.2, 0) is 4.79 Å². The van der Waals surface area contributed by atoms with Crippen LogP contribution in [-0.4, -0.2) is 19.6 Å².